The Balaban J connectivity index is 1.81. The average molecular weight is 299 g/mol. The van der Waals surface area contributed by atoms with Crippen molar-refractivity contribution in [2.45, 2.75) is 39.5 Å². The van der Waals surface area contributed by atoms with E-state index in [1.807, 2.05) is 43.8 Å². The Hall–Kier alpha value is -2.10. The fourth-order valence-corrected chi connectivity index (χ4v) is 2.67. The third-order valence-electron chi connectivity index (χ3n) is 4.23. The van der Waals surface area contributed by atoms with Crippen LogP contribution < -0.4 is 5.32 Å². The number of hydrogen-bond acceptors (Lipinski definition) is 2. The zero-order valence-electron chi connectivity index (χ0n) is 13.9. The van der Waals surface area contributed by atoms with E-state index in [0.29, 0.717) is 18.9 Å². The molecule has 4 heteroatoms. The lowest BCUT2D eigenvalue weighted by molar-refractivity contribution is -0.121. The van der Waals surface area contributed by atoms with Crippen molar-refractivity contribution in [2.24, 2.45) is 7.05 Å². The Kier molecular flexibility index (Phi) is 5.36. The van der Waals surface area contributed by atoms with E-state index in [9.17, 15) is 4.79 Å². The van der Waals surface area contributed by atoms with E-state index in [0.717, 1.165) is 17.8 Å². The van der Waals surface area contributed by atoms with Crippen LogP contribution in [0.5, 0.6) is 0 Å². The molecule has 0 saturated carbocycles. The highest BCUT2D eigenvalue weighted by Crippen LogP contribution is 2.15. The van der Waals surface area contributed by atoms with Gasteiger partial charge in [0.15, 0.2) is 0 Å². The largest absolute Gasteiger partial charge is 0.355 e. The molecule has 0 unspecified atom stereocenters. The van der Waals surface area contributed by atoms with Crippen molar-refractivity contribution < 1.29 is 4.79 Å². The summed E-state index contributed by atoms with van der Waals surface area (Å²) in [6.07, 6.45) is 1.26. The van der Waals surface area contributed by atoms with Crippen LogP contribution >= 0.6 is 0 Å². The number of amides is 1. The van der Waals surface area contributed by atoms with E-state index in [1.165, 1.54) is 11.1 Å². The van der Waals surface area contributed by atoms with Crippen LogP contribution in [0.25, 0.3) is 0 Å². The van der Waals surface area contributed by atoms with Crippen molar-refractivity contribution in [1.29, 1.82) is 0 Å². The van der Waals surface area contributed by atoms with Gasteiger partial charge in [0, 0.05) is 25.7 Å². The number of carbonyl (C=O) groups is 1. The quantitative estimate of drug-likeness (QED) is 0.891. The summed E-state index contributed by atoms with van der Waals surface area (Å²) in [7, 11) is 1.94. The molecule has 0 fully saturated rings. The SMILES string of the molecule is Cc1nn(C)c(C)c1CCC(=O)NC[C@@H](C)c1ccccc1. The highest BCUT2D eigenvalue weighted by molar-refractivity contribution is 5.76. The molecule has 0 saturated heterocycles. The topological polar surface area (TPSA) is 46.9 Å². The molecule has 22 heavy (non-hydrogen) atoms. The van der Waals surface area contributed by atoms with Gasteiger partial charge in [-0.1, -0.05) is 37.3 Å². The summed E-state index contributed by atoms with van der Waals surface area (Å²) in [6, 6.07) is 10.3. The lowest BCUT2D eigenvalue weighted by atomic mass is 10.0. The van der Waals surface area contributed by atoms with Gasteiger partial charge in [0.1, 0.15) is 0 Å². The van der Waals surface area contributed by atoms with Gasteiger partial charge in [-0.25, -0.2) is 0 Å². The van der Waals surface area contributed by atoms with Crippen molar-refractivity contribution >= 4 is 5.91 Å². The lowest BCUT2D eigenvalue weighted by Crippen LogP contribution is -2.27. The molecule has 1 amide bonds. The number of benzene rings is 1. The van der Waals surface area contributed by atoms with E-state index in [-0.39, 0.29) is 5.91 Å². The summed E-state index contributed by atoms with van der Waals surface area (Å²) < 4.78 is 1.88. The average Bonchev–Trinajstić information content (AvgIpc) is 2.76. The van der Waals surface area contributed by atoms with Crippen molar-refractivity contribution in [1.82, 2.24) is 15.1 Å². The minimum atomic E-state index is 0.102. The van der Waals surface area contributed by atoms with Crippen LogP contribution in [0.4, 0.5) is 0 Å². The van der Waals surface area contributed by atoms with Crippen molar-refractivity contribution in [3.63, 3.8) is 0 Å². The van der Waals surface area contributed by atoms with Gasteiger partial charge < -0.3 is 5.32 Å². The number of hydrogen-bond donors (Lipinski definition) is 1. The molecule has 1 aromatic heterocycles. The fraction of sp³-hybridized carbons (Fsp3) is 0.444. The highest BCUT2D eigenvalue weighted by atomic mass is 16.1. The van der Waals surface area contributed by atoms with Gasteiger partial charge >= 0.3 is 0 Å². The van der Waals surface area contributed by atoms with Gasteiger partial charge in [-0.3, -0.25) is 9.48 Å². The molecule has 1 N–H and O–H groups in total. The van der Waals surface area contributed by atoms with Gasteiger partial charge in [0.05, 0.1) is 5.69 Å². The predicted molar refractivity (Wildman–Crippen MR) is 88.9 cm³/mol. The molecule has 0 bridgehead atoms. The highest BCUT2D eigenvalue weighted by Gasteiger charge is 2.12. The normalized spacial score (nSPS) is 12.2. The predicted octanol–water partition coefficient (Wildman–Crippen LogP) is 2.89. The molecular weight excluding hydrogens is 274 g/mol. The molecule has 0 radical (unpaired) electrons. The minimum absolute atomic E-state index is 0.102. The van der Waals surface area contributed by atoms with Crippen LogP contribution in [0.15, 0.2) is 30.3 Å². The van der Waals surface area contributed by atoms with Crippen LogP contribution in [0.1, 0.15) is 41.8 Å². The summed E-state index contributed by atoms with van der Waals surface area (Å²) in [6.45, 7) is 6.85. The summed E-state index contributed by atoms with van der Waals surface area (Å²) in [4.78, 5) is 12.0. The molecule has 1 atom stereocenters. The number of aromatic nitrogens is 2. The smallest absolute Gasteiger partial charge is 0.220 e. The number of nitrogens with zero attached hydrogens (tertiary/aromatic N) is 2. The van der Waals surface area contributed by atoms with Crippen LogP contribution in [0.3, 0.4) is 0 Å². The summed E-state index contributed by atoms with van der Waals surface area (Å²) in [5, 5.41) is 7.42. The zero-order valence-corrected chi connectivity index (χ0v) is 13.9. The van der Waals surface area contributed by atoms with Gasteiger partial charge in [0.2, 0.25) is 5.91 Å². The molecule has 0 aliphatic carbocycles. The molecule has 2 aromatic rings. The summed E-state index contributed by atoms with van der Waals surface area (Å²) in [5.41, 5.74) is 4.60. The Morgan fingerprint density at radius 1 is 1.27 bits per heavy atom. The Morgan fingerprint density at radius 2 is 1.95 bits per heavy atom. The maximum Gasteiger partial charge on any atom is 0.220 e. The first-order valence-electron chi connectivity index (χ1n) is 7.79. The lowest BCUT2D eigenvalue weighted by Gasteiger charge is -2.13. The first-order valence-corrected chi connectivity index (χ1v) is 7.79. The zero-order chi connectivity index (χ0) is 16.1. The molecule has 0 aliphatic heterocycles. The van der Waals surface area contributed by atoms with E-state index < -0.39 is 0 Å². The molecule has 1 aromatic carbocycles. The number of rotatable bonds is 6. The molecule has 118 valence electrons. The number of aryl methyl sites for hydroxylation is 2. The molecule has 1 heterocycles. The van der Waals surface area contributed by atoms with Crippen molar-refractivity contribution in [2.75, 3.05) is 6.54 Å². The van der Waals surface area contributed by atoms with Gasteiger partial charge in [-0.05, 0) is 37.3 Å². The molecule has 0 aliphatic rings. The second-order valence-corrected chi connectivity index (χ2v) is 5.89. The molecular formula is C18H25N3O. The third-order valence-corrected chi connectivity index (χ3v) is 4.23. The first kappa shape index (κ1) is 16.3. The van der Waals surface area contributed by atoms with E-state index in [2.05, 4.69) is 29.5 Å². The van der Waals surface area contributed by atoms with E-state index >= 15 is 0 Å². The summed E-state index contributed by atoms with van der Waals surface area (Å²) >= 11 is 0. The second kappa shape index (κ2) is 7.25. The maximum atomic E-state index is 12.0. The van der Waals surface area contributed by atoms with Crippen molar-refractivity contribution in [3.8, 4) is 0 Å². The van der Waals surface area contributed by atoms with Gasteiger partial charge in [0.25, 0.3) is 0 Å². The van der Waals surface area contributed by atoms with Gasteiger partial charge in [-0.2, -0.15) is 5.10 Å². The Bertz CT molecular complexity index is 631. The van der Waals surface area contributed by atoms with Crippen molar-refractivity contribution in [3.05, 3.63) is 52.8 Å². The van der Waals surface area contributed by atoms with E-state index in [4.69, 9.17) is 0 Å². The van der Waals surface area contributed by atoms with Crippen LogP contribution in [-0.2, 0) is 18.3 Å². The monoisotopic (exact) mass is 299 g/mol. The van der Waals surface area contributed by atoms with Crippen LogP contribution in [-0.4, -0.2) is 22.2 Å². The molecule has 0 spiro atoms. The van der Waals surface area contributed by atoms with Crippen LogP contribution in [0, 0.1) is 13.8 Å². The summed E-state index contributed by atoms with van der Waals surface area (Å²) in [5.74, 6) is 0.428. The first-order chi connectivity index (χ1) is 10.5. The molecule has 2 rings (SSSR count). The number of carbonyl (C=O) groups excluding carboxylic acids is 1. The standard InChI is InChI=1S/C18H25N3O/c1-13(16-8-6-5-7-9-16)12-19-18(22)11-10-17-14(2)20-21(4)15(17)3/h5-9,13H,10-12H2,1-4H3,(H,19,22)/t13-/m1/s1. The Labute approximate surface area is 132 Å². The van der Waals surface area contributed by atoms with E-state index in [1.54, 1.807) is 0 Å². The fourth-order valence-electron chi connectivity index (χ4n) is 2.67. The maximum absolute atomic E-state index is 12.0. The minimum Gasteiger partial charge on any atom is -0.355 e. The molecule has 4 nitrogen and oxygen atoms in total. The third kappa shape index (κ3) is 3.97. The Morgan fingerprint density at radius 3 is 2.55 bits per heavy atom. The van der Waals surface area contributed by atoms with Crippen LogP contribution in [0.2, 0.25) is 0 Å². The second-order valence-electron chi connectivity index (χ2n) is 5.89. The van der Waals surface area contributed by atoms with Gasteiger partial charge in [-0.15, -0.1) is 0 Å². The number of nitrogens with one attached hydrogen (secondary N) is 1.